The SMILES string of the molecule is CCNC(=O)C1CNCCN1CCn1ccccc1=O. The van der Waals surface area contributed by atoms with Crippen molar-refractivity contribution in [1.29, 1.82) is 0 Å². The van der Waals surface area contributed by atoms with E-state index < -0.39 is 0 Å². The second-order valence-electron chi connectivity index (χ2n) is 4.88. The minimum absolute atomic E-state index is 0.00260. The van der Waals surface area contributed by atoms with E-state index in [4.69, 9.17) is 0 Å². The first kappa shape index (κ1) is 14.7. The van der Waals surface area contributed by atoms with Gasteiger partial charge in [0.05, 0.1) is 0 Å². The summed E-state index contributed by atoms with van der Waals surface area (Å²) in [5.74, 6) is 0.0557. The van der Waals surface area contributed by atoms with Gasteiger partial charge in [0.15, 0.2) is 0 Å². The number of amides is 1. The number of likely N-dealkylation sites (N-methyl/N-ethyl adjacent to an activating group) is 1. The van der Waals surface area contributed by atoms with E-state index in [9.17, 15) is 9.59 Å². The monoisotopic (exact) mass is 278 g/mol. The maximum Gasteiger partial charge on any atom is 0.250 e. The van der Waals surface area contributed by atoms with Crippen LogP contribution in [0.5, 0.6) is 0 Å². The molecule has 6 heteroatoms. The van der Waals surface area contributed by atoms with Crippen molar-refractivity contribution in [3.8, 4) is 0 Å². The van der Waals surface area contributed by atoms with Gasteiger partial charge in [-0.25, -0.2) is 0 Å². The van der Waals surface area contributed by atoms with Crippen molar-refractivity contribution < 1.29 is 4.79 Å². The molecule has 0 aromatic carbocycles. The number of nitrogens with one attached hydrogen (secondary N) is 2. The van der Waals surface area contributed by atoms with Crippen molar-refractivity contribution in [3.05, 3.63) is 34.7 Å². The molecule has 20 heavy (non-hydrogen) atoms. The molecule has 1 unspecified atom stereocenters. The highest BCUT2D eigenvalue weighted by molar-refractivity contribution is 5.82. The first-order chi connectivity index (χ1) is 9.72. The van der Waals surface area contributed by atoms with Crippen LogP contribution >= 0.6 is 0 Å². The van der Waals surface area contributed by atoms with Crippen molar-refractivity contribution in [2.75, 3.05) is 32.7 Å². The maximum absolute atomic E-state index is 12.0. The number of carbonyl (C=O) groups excluding carboxylic acids is 1. The molecule has 0 bridgehead atoms. The molecule has 1 aliphatic heterocycles. The number of aromatic nitrogens is 1. The van der Waals surface area contributed by atoms with Crippen LogP contribution in [0.3, 0.4) is 0 Å². The molecule has 2 rings (SSSR count). The van der Waals surface area contributed by atoms with Gasteiger partial charge in [-0.15, -0.1) is 0 Å². The molecule has 2 N–H and O–H groups in total. The Hall–Kier alpha value is -1.66. The molecule has 0 aliphatic carbocycles. The lowest BCUT2D eigenvalue weighted by Gasteiger charge is -2.35. The Labute approximate surface area is 118 Å². The van der Waals surface area contributed by atoms with E-state index in [2.05, 4.69) is 15.5 Å². The number of nitrogens with zero attached hydrogens (tertiary/aromatic N) is 2. The van der Waals surface area contributed by atoms with Gasteiger partial charge in [-0.3, -0.25) is 14.5 Å². The number of pyridine rings is 1. The van der Waals surface area contributed by atoms with E-state index in [1.54, 1.807) is 22.9 Å². The lowest BCUT2D eigenvalue weighted by molar-refractivity contribution is -0.127. The van der Waals surface area contributed by atoms with Crippen LogP contribution in [-0.2, 0) is 11.3 Å². The van der Waals surface area contributed by atoms with Crippen LogP contribution in [0.25, 0.3) is 0 Å². The van der Waals surface area contributed by atoms with Crippen LogP contribution in [0.1, 0.15) is 6.92 Å². The topological polar surface area (TPSA) is 66.4 Å². The third-order valence-electron chi connectivity index (χ3n) is 3.54. The minimum atomic E-state index is -0.150. The summed E-state index contributed by atoms with van der Waals surface area (Å²) in [6.45, 7) is 6.23. The second-order valence-corrected chi connectivity index (χ2v) is 4.88. The van der Waals surface area contributed by atoms with Gasteiger partial charge in [-0.05, 0) is 13.0 Å². The molecule has 2 heterocycles. The van der Waals surface area contributed by atoms with Crippen molar-refractivity contribution in [2.45, 2.75) is 19.5 Å². The van der Waals surface area contributed by atoms with Gasteiger partial charge in [0.25, 0.3) is 5.56 Å². The summed E-state index contributed by atoms with van der Waals surface area (Å²) >= 11 is 0. The zero-order chi connectivity index (χ0) is 14.4. The Bertz CT molecular complexity index is 500. The highest BCUT2D eigenvalue weighted by atomic mass is 16.2. The molecule has 1 amide bonds. The standard InChI is InChI=1S/C14H22N4O2/c1-2-16-14(20)12-11-15-6-8-17(12)9-10-18-7-4-3-5-13(18)19/h3-5,7,12,15H,2,6,8-11H2,1H3,(H,16,20). The predicted octanol–water partition coefficient (Wildman–Crippen LogP) is -0.742. The molecular formula is C14H22N4O2. The third-order valence-corrected chi connectivity index (χ3v) is 3.54. The van der Waals surface area contributed by atoms with Gasteiger partial charge in [0.1, 0.15) is 6.04 Å². The number of hydrogen-bond acceptors (Lipinski definition) is 4. The number of carbonyl (C=O) groups is 1. The van der Waals surface area contributed by atoms with Crippen LogP contribution < -0.4 is 16.2 Å². The summed E-state index contributed by atoms with van der Waals surface area (Å²) < 4.78 is 1.68. The molecule has 6 nitrogen and oxygen atoms in total. The Balaban J connectivity index is 1.97. The molecule has 1 aromatic rings. The summed E-state index contributed by atoms with van der Waals surface area (Å²) in [6, 6.07) is 4.99. The smallest absolute Gasteiger partial charge is 0.250 e. The van der Waals surface area contributed by atoms with Crippen LogP contribution in [0.4, 0.5) is 0 Å². The fourth-order valence-corrected chi connectivity index (χ4v) is 2.45. The average Bonchev–Trinajstić information content (AvgIpc) is 2.47. The molecule has 1 aromatic heterocycles. The van der Waals surface area contributed by atoms with Crippen molar-refractivity contribution in [2.24, 2.45) is 0 Å². The fraction of sp³-hybridized carbons (Fsp3) is 0.571. The molecule has 0 radical (unpaired) electrons. The van der Waals surface area contributed by atoms with Crippen LogP contribution in [0, 0.1) is 0 Å². The first-order valence-corrected chi connectivity index (χ1v) is 7.10. The van der Waals surface area contributed by atoms with E-state index in [-0.39, 0.29) is 17.5 Å². The highest BCUT2D eigenvalue weighted by Gasteiger charge is 2.27. The minimum Gasteiger partial charge on any atom is -0.355 e. The molecule has 1 aliphatic rings. The van der Waals surface area contributed by atoms with E-state index in [1.165, 1.54) is 0 Å². The van der Waals surface area contributed by atoms with Crippen LogP contribution in [0.15, 0.2) is 29.2 Å². The zero-order valence-corrected chi connectivity index (χ0v) is 11.8. The molecular weight excluding hydrogens is 256 g/mol. The summed E-state index contributed by atoms with van der Waals surface area (Å²) in [6.07, 6.45) is 1.78. The fourth-order valence-electron chi connectivity index (χ4n) is 2.45. The lowest BCUT2D eigenvalue weighted by Crippen LogP contribution is -2.58. The molecule has 1 saturated heterocycles. The van der Waals surface area contributed by atoms with Gasteiger partial charge in [-0.2, -0.15) is 0 Å². The Kier molecular flexibility index (Phi) is 5.31. The predicted molar refractivity (Wildman–Crippen MR) is 77.6 cm³/mol. The van der Waals surface area contributed by atoms with Gasteiger partial charge in [0, 0.05) is 51.5 Å². The number of rotatable bonds is 5. The Morgan fingerprint density at radius 3 is 3.05 bits per heavy atom. The quantitative estimate of drug-likeness (QED) is 0.744. The third kappa shape index (κ3) is 3.68. The maximum atomic E-state index is 12.0. The zero-order valence-electron chi connectivity index (χ0n) is 11.8. The van der Waals surface area contributed by atoms with Crippen molar-refractivity contribution in [3.63, 3.8) is 0 Å². The van der Waals surface area contributed by atoms with E-state index in [0.717, 1.165) is 13.1 Å². The largest absolute Gasteiger partial charge is 0.355 e. The molecule has 0 saturated carbocycles. The van der Waals surface area contributed by atoms with E-state index >= 15 is 0 Å². The first-order valence-electron chi connectivity index (χ1n) is 7.10. The molecule has 0 spiro atoms. The van der Waals surface area contributed by atoms with E-state index in [0.29, 0.717) is 26.2 Å². The highest BCUT2D eigenvalue weighted by Crippen LogP contribution is 2.04. The normalized spacial score (nSPS) is 19.8. The molecule has 1 fully saturated rings. The Morgan fingerprint density at radius 1 is 1.45 bits per heavy atom. The number of piperazine rings is 1. The summed E-state index contributed by atoms with van der Waals surface area (Å²) in [5, 5.41) is 6.11. The molecule has 1 atom stereocenters. The Morgan fingerprint density at radius 2 is 2.30 bits per heavy atom. The van der Waals surface area contributed by atoms with Crippen LogP contribution in [0.2, 0.25) is 0 Å². The van der Waals surface area contributed by atoms with Crippen molar-refractivity contribution >= 4 is 5.91 Å². The van der Waals surface area contributed by atoms with E-state index in [1.807, 2.05) is 13.0 Å². The van der Waals surface area contributed by atoms with Gasteiger partial charge in [0.2, 0.25) is 5.91 Å². The van der Waals surface area contributed by atoms with Crippen LogP contribution in [-0.4, -0.2) is 54.1 Å². The summed E-state index contributed by atoms with van der Waals surface area (Å²) in [7, 11) is 0. The van der Waals surface area contributed by atoms with Crippen molar-refractivity contribution in [1.82, 2.24) is 20.1 Å². The number of hydrogen-bond donors (Lipinski definition) is 2. The lowest BCUT2D eigenvalue weighted by atomic mass is 10.1. The summed E-state index contributed by atoms with van der Waals surface area (Å²) in [4.78, 5) is 25.8. The average molecular weight is 278 g/mol. The van der Waals surface area contributed by atoms with Gasteiger partial charge < -0.3 is 15.2 Å². The second kappa shape index (κ2) is 7.21. The summed E-state index contributed by atoms with van der Waals surface area (Å²) in [5.41, 5.74) is -0.00260. The van der Waals surface area contributed by atoms with Gasteiger partial charge >= 0.3 is 0 Å². The van der Waals surface area contributed by atoms with Gasteiger partial charge in [-0.1, -0.05) is 6.07 Å². The molecule has 110 valence electrons.